The molecule has 0 rings (SSSR count). The summed E-state index contributed by atoms with van der Waals surface area (Å²) in [5.41, 5.74) is 0. The van der Waals surface area contributed by atoms with E-state index in [1.54, 1.807) is 6.92 Å². The highest BCUT2D eigenvalue weighted by Crippen LogP contribution is 2.30. The number of alkyl halides is 3. The SMILES string of the molecule is CCOC(=O)C(Cl)(Cl)CC(Cl)C(C)=O. The van der Waals surface area contributed by atoms with Crippen molar-refractivity contribution in [3.8, 4) is 0 Å². The summed E-state index contributed by atoms with van der Waals surface area (Å²) in [5, 5.41) is -0.880. The molecular formula is C8H11Cl3O3. The molecule has 14 heavy (non-hydrogen) atoms. The molecule has 0 aromatic rings. The van der Waals surface area contributed by atoms with Crippen molar-refractivity contribution in [2.75, 3.05) is 6.61 Å². The highest BCUT2D eigenvalue weighted by molar-refractivity contribution is 6.58. The first kappa shape index (κ1) is 14.0. The Morgan fingerprint density at radius 2 is 1.93 bits per heavy atom. The zero-order valence-electron chi connectivity index (χ0n) is 7.85. The summed E-state index contributed by atoms with van der Waals surface area (Å²) in [4.78, 5) is 22.0. The molecule has 0 aromatic heterocycles. The Balaban J connectivity index is 4.32. The third-order valence-electron chi connectivity index (χ3n) is 1.45. The number of hydrogen-bond acceptors (Lipinski definition) is 3. The lowest BCUT2D eigenvalue weighted by Crippen LogP contribution is -2.33. The lowest BCUT2D eigenvalue weighted by Gasteiger charge is -2.18. The molecule has 0 fully saturated rings. The van der Waals surface area contributed by atoms with Gasteiger partial charge in [0.2, 0.25) is 4.33 Å². The molecule has 0 heterocycles. The maximum Gasteiger partial charge on any atom is 0.342 e. The zero-order valence-corrected chi connectivity index (χ0v) is 10.1. The van der Waals surface area contributed by atoms with Crippen LogP contribution in [0.15, 0.2) is 0 Å². The van der Waals surface area contributed by atoms with Crippen molar-refractivity contribution < 1.29 is 14.3 Å². The van der Waals surface area contributed by atoms with Crippen molar-refractivity contribution in [2.24, 2.45) is 0 Å². The third-order valence-corrected chi connectivity index (χ3v) is 2.53. The van der Waals surface area contributed by atoms with E-state index >= 15 is 0 Å². The summed E-state index contributed by atoms with van der Waals surface area (Å²) in [6.07, 6.45) is -0.161. The minimum absolute atomic E-state index is 0.161. The molecule has 0 aliphatic carbocycles. The van der Waals surface area contributed by atoms with E-state index in [1.807, 2.05) is 0 Å². The van der Waals surface area contributed by atoms with Crippen LogP contribution in [0.3, 0.4) is 0 Å². The predicted octanol–water partition coefficient (Wildman–Crippen LogP) is 2.31. The number of hydrogen-bond donors (Lipinski definition) is 0. The summed E-state index contributed by atoms with van der Waals surface area (Å²) in [5.74, 6) is -1.07. The molecule has 1 unspecified atom stereocenters. The molecule has 0 radical (unpaired) electrons. The van der Waals surface area contributed by atoms with E-state index in [9.17, 15) is 9.59 Å². The third kappa shape index (κ3) is 4.49. The van der Waals surface area contributed by atoms with Crippen LogP contribution < -0.4 is 0 Å². The molecule has 0 saturated carbocycles. The van der Waals surface area contributed by atoms with E-state index in [0.717, 1.165) is 0 Å². The number of carbonyl (C=O) groups is 2. The summed E-state index contributed by atoms with van der Waals surface area (Å²) in [6.45, 7) is 3.10. The Morgan fingerprint density at radius 3 is 2.29 bits per heavy atom. The van der Waals surface area contributed by atoms with Gasteiger partial charge in [0.1, 0.15) is 5.78 Å². The van der Waals surface area contributed by atoms with E-state index in [-0.39, 0.29) is 18.8 Å². The lowest BCUT2D eigenvalue weighted by molar-refractivity contribution is -0.144. The van der Waals surface area contributed by atoms with Gasteiger partial charge >= 0.3 is 5.97 Å². The maximum absolute atomic E-state index is 11.2. The van der Waals surface area contributed by atoms with Crippen LogP contribution >= 0.6 is 34.8 Å². The summed E-state index contributed by atoms with van der Waals surface area (Å²) in [7, 11) is 0. The highest BCUT2D eigenvalue weighted by Gasteiger charge is 2.38. The van der Waals surface area contributed by atoms with E-state index in [0.29, 0.717) is 0 Å². The smallest absolute Gasteiger partial charge is 0.342 e. The lowest BCUT2D eigenvalue weighted by atomic mass is 10.2. The fourth-order valence-corrected chi connectivity index (χ4v) is 1.50. The average molecular weight is 262 g/mol. The number of ketones is 1. The molecule has 0 aromatic carbocycles. The molecule has 0 spiro atoms. The van der Waals surface area contributed by atoms with Crippen molar-refractivity contribution >= 4 is 46.6 Å². The van der Waals surface area contributed by atoms with Crippen LogP contribution in [0.4, 0.5) is 0 Å². The summed E-state index contributed by atoms with van der Waals surface area (Å²) < 4.78 is 2.86. The van der Waals surface area contributed by atoms with E-state index in [4.69, 9.17) is 34.8 Å². The average Bonchev–Trinajstić information content (AvgIpc) is 2.03. The normalized spacial score (nSPS) is 13.5. The van der Waals surface area contributed by atoms with Gasteiger partial charge in [0, 0.05) is 6.42 Å². The first-order chi connectivity index (χ1) is 6.31. The maximum atomic E-state index is 11.2. The second-order valence-electron chi connectivity index (χ2n) is 2.71. The second-order valence-corrected chi connectivity index (χ2v) is 4.72. The molecular weight excluding hydrogens is 250 g/mol. The van der Waals surface area contributed by atoms with Gasteiger partial charge in [-0.1, -0.05) is 23.2 Å². The monoisotopic (exact) mass is 260 g/mol. The largest absolute Gasteiger partial charge is 0.464 e. The van der Waals surface area contributed by atoms with Crippen LogP contribution in [0, 0.1) is 0 Å². The predicted molar refractivity (Wildman–Crippen MR) is 56.0 cm³/mol. The standard InChI is InChI=1S/C8H11Cl3O3/c1-3-14-7(13)8(10,11)4-6(9)5(2)12/h6H,3-4H2,1-2H3. The Bertz CT molecular complexity index is 228. The summed E-state index contributed by atoms with van der Waals surface area (Å²) >= 11 is 16.9. The minimum Gasteiger partial charge on any atom is -0.464 e. The number of Topliss-reactive ketones (excluding diaryl/α,β-unsaturated/α-hetero) is 1. The molecule has 3 nitrogen and oxygen atoms in total. The Morgan fingerprint density at radius 1 is 1.43 bits per heavy atom. The molecule has 6 heteroatoms. The Kier molecular flexibility index (Phi) is 5.79. The zero-order chi connectivity index (χ0) is 11.4. The molecule has 0 N–H and O–H groups in total. The number of halogens is 3. The molecule has 0 aliphatic rings. The van der Waals surface area contributed by atoms with Gasteiger partial charge in [-0.15, -0.1) is 11.6 Å². The fourth-order valence-electron chi connectivity index (χ4n) is 0.689. The van der Waals surface area contributed by atoms with Crippen molar-refractivity contribution in [3.05, 3.63) is 0 Å². The molecule has 0 aliphatic heterocycles. The van der Waals surface area contributed by atoms with E-state index in [2.05, 4.69) is 4.74 Å². The van der Waals surface area contributed by atoms with Crippen LogP contribution in [0.5, 0.6) is 0 Å². The molecule has 0 saturated heterocycles. The Labute approximate surface area is 97.6 Å². The quantitative estimate of drug-likeness (QED) is 0.563. The van der Waals surface area contributed by atoms with Crippen LogP contribution in [-0.4, -0.2) is 28.1 Å². The second kappa shape index (κ2) is 5.79. The molecule has 82 valence electrons. The molecule has 0 amide bonds. The van der Waals surface area contributed by atoms with Crippen molar-refractivity contribution in [3.63, 3.8) is 0 Å². The van der Waals surface area contributed by atoms with E-state index < -0.39 is 15.7 Å². The van der Waals surface area contributed by atoms with Gasteiger partial charge in [0.15, 0.2) is 0 Å². The van der Waals surface area contributed by atoms with Gasteiger partial charge in [-0.05, 0) is 13.8 Å². The number of ether oxygens (including phenoxy) is 1. The molecule has 0 bridgehead atoms. The number of rotatable bonds is 5. The van der Waals surface area contributed by atoms with Crippen LogP contribution in [-0.2, 0) is 14.3 Å². The van der Waals surface area contributed by atoms with Gasteiger partial charge in [-0.25, -0.2) is 4.79 Å². The topological polar surface area (TPSA) is 43.4 Å². The van der Waals surface area contributed by atoms with E-state index in [1.165, 1.54) is 6.92 Å². The first-order valence-corrected chi connectivity index (χ1v) is 5.20. The minimum atomic E-state index is -1.76. The van der Waals surface area contributed by atoms with Gasteiger partial charge in [0.25, 0.3) is 0 Å². The summed E-state index contributed by atoms with van der Waals surface area (Å²) in [6, 6.07) is 0. The van der Waals surface area contributed by atoms with Crippen LogP contribution in [0.1, 0.15) is 20.3 Å². The Hall–Kier alpha value is 0.01000. The molecule has 1 atom stereocenters. The van der Waals surface area contributed by atoms with Gasteiger partial charge in [0.05, 0.1) is 12.0 Å². The van der Waals surface area contributed by atoms with Gasteiger partial charge in [-0.2, -0.15) is 0 Å². The van der Waals surface area contributed by atoms with Crippen molar-refractivity contribution in [1.82, 2.24) is 0 Å². The fraction of sp³-hybridized carbons (Fsp3) is 0.750. The van der Waals surface area contributed by atoms with Gasteiger partial charge < -0.3 is 4.74 Å². The van der Waals surface area contributed by atoms with Crippen LogP contribution in [0.25, 0.3) is 0 Å². The van der Waals surface area contributed by atoms with Crippen LogP contribution in [0.2, 0.25) is 0 Å². The van der Waals surface area contributed by atoms with Crippen molar-refractivity contribution in [1.29, 1.82) is 0 Å². The number of carbonyl (C=O) groups excluding carboxylic acids is 2. The van der Waals surface area contributed by atoms with Crippen molar-refractivity contribution in [2.45, 2.75) is 30.0 Å². The number of esters is 1. The first-order valence-electron chi connectivity index (χ1n) is 4.00. The highest BCUT2D eigenvalue weighted by atomic mass is 35.5. The van der Waals surface area contributed by atoms with Gasteiger partial charge in [-0.3, -0.25) is 4.79 Å².